The van der Waals surface area contributed by atoms with Gasteiger partial charge in [0.25, 0.3) is 0 Å². The van der Waals surface area contributed by atoms with E-state index >= 15 is 0 Å². The first kappa shape index (κ1) is 22.4. The number of anilines is 1. The van der Waals surface area contributed by atoms with Crippen LogP contribution in [0.4, 0.5) is 5.69 Å². The molecule has 7 nitrogen and oxygen atoms in total. The molecule has 1 saturated heterocycles. The Kier molecular flexibility index (Phi) is 6.28. The van der Waals surface area contributed by atoms with Gasteiger partial charge in [-0.15, -0.1) is 0 Å². The Morgan fingerprint density at radius 2 is 1.75 bits per heavy atom. The molecule has 0 aliphatic carbocycles. The number of para-hydroxylation sites is 1. The van der Waals surface area contributed by atoms with Crippen LogP contribution in [0, 0.1) is 20.8 Å². The van der Waals surface area contributed by atoms with Gasteiger partial charge < -0.3 is 5.32 Å². The van der Waals surface area contributed by atoms with E-state index in [1.807, 2.05) is 56.0 Å². The number of benzene rings is 2. The molecule has 0 atom stereocenters. The lowest BCUT2D eigenvalue weighted by atomic mass is 10.1. The van der Waals surface area contributed by atoms with Crippen molar-refractivity contribution in [3.05, 3.63) is 65.4 Å². The first-order valence-electron chi connectivity index (χ1n) is 10.7. The van der Waals surface area contributed by atoms with Crippen LogP contribution in [-0.2, 0) is 14.8 Å². The second kappa shape index (κ2) is 8.97. The van der Waals surface area contributed by atoms with Crippen LogP contribution in [0.3, 0.4) is 0 Å². The number of nitrogens with zero attached hydrogens (tertiary/aromatic N) is 3. The average molecular weight is 453 g/mol. The van der Waals surface area contributed by atoms with Gasteiger partial charge in [0.05, 0.1) is 12.1 Å². The molecule has 0 saturated carbocycles. The largest absolute Gasteiger partial charge is 0.325 e. The molecule has 32 heavy (non-hydrogen) atoms. The van der Waals surface area contributed by atoms with E-state index in [2.05, 4.69) is 10.3 Å². The van der Waals surface area contributed by atoms with Crippen molar-refractivity contribution in [2.75, 3.05) is 38.0 Å². The maximum absolute atomic E-state index is 13.3. The van der Waals surface area contributed by atoms with E-state index in [1.165, 1.54) is 4.31 Å². The standard InChI is InChI=1S/C24H28N4O3S/c1-17-14-20-7-5-9-22(24(20)25-15-17)32(30,31)28-12-10-27(11-13-28)16-23(29)26-21-8-4-6-18(2)19(21)3/h4-9,14-15H,10-13,16H2,1-3H3,(H,26,29). The summed E-state index contributed by atoms with van der Waals surface area (Å²) in [6.07, 6.45) is 1.69. The van der Waals surface area contributed by atoms with Crippen molar-refractivity contribution in [3.8, 4) is 0 Å². The van der Waals surface area contributed by atoms with Gasteiger partial charge in [-0.05, 0) is 55.7 Å². The Balaban J connectivity index is 1.41. The van der Waals surface area contributed by atoms with Crippen molar-refractivity contribution in [1.29, 1.82) is 0 Å². The second-order valence-electron chi connectivity index (χ2n) is 8.32. The van der Waals surface area contributed by atoms with Crippen molar-refractivity contribution in [2.45, 2.75) is 25.7 Å². The lowest BCUT2D eigenvalue weighted by Crippen LogP contribution is -2.50. The molecule has 1 aromatic heterocycles. The SMILES string of the molecule is Cc1cnc2c(S(=O)(=O)N3CCN(CC(=O)Nc4cccc(C)c4C)CC3)cccc2c1. The molecule has 4 rings (SSSR count). The lowest BCUT2D eigenvalue weighted by Gasteiger charge is -2.33. The second-order valence-corrected chi connectivity index (χ2v) is 10.2. The lowest BCUT2D eigenvalue weighted by molar-refractivity contribution is -0.117. The number of hydrogen-bond acceptors (Lipinski definition) is 5. The number of nitrogens with one attached hydrogen (secondary N) is 1. The van der Waals surface area contributed by atoms with E-state index in [0.29, 0.717) is 31.7 Å². The highest BCUT2D eigenvalue weighted by Gasteiger charge is 2.30. The molecule has 2 heterocycles. The number of aryl methyl sites for hydroxylation is 2. The van der Waals surface area contributed by atoms with Crippen molar-refractivity contribution >= 4 is 32.5 Å². The molecule has 0 unspecified atom stereocenters. The zero-order valence-corrected chi connectivity index (χ0v) is 19.4. The van der Waals surface area contributed by atoms with Gasteiger partial charge in [-0.25, -0.2) is 8.42 Å². The fourth-order valence-corrected chi connectivity index (χ4v) is 5.59. The Labute approximate surface area is 189 Å². The zero-order valence-electron chi connectivity index (χ0n) is 18.6. The van der Waals surface area contributed by atoms with Crippen LogP contribution in [0.5, 0.6) is 0 Å². The van der Waals surface area contributed by atoms with Gasteiger partial charge >= 0.3 is 0 Å². The number of rotatable bonds is 5. The highest BCUT2D eigenvalue weighted by molar-refractivity contribution is 7.89. The number of carbonyl (C=O) groups excluding carboxylic acids is 1. The minimum Gasteiger partial charge on any atom is -0.325 e. The highest BCUT2D eigenvalue weighted by atomic mass is 32.2. The van der Waals surface area contributed by atoms with Crippen LogP contribution in [0.25, 0.3) is 10.9 Å². The van der Waals surface area contributed by atoms with Crippen molar-refractivity contribution in [1.82, 2.24) is 14.2 Å². The molecule has 1 fully saturated rings. The van der Waals surface area contributed by atoms with Crippen LogP contribution in [0.2, 0.25) is 0 Å². The number of piperazine rings is 1. The molecule has 1 aliphatic rings. The van der Waals surface area contributed by atoms with Gasteiger partial charge in [0.2, 0.25) is 15.9 Å². The molecular weight excluding hydrogens is 424 g/mol. The number of aromatic nitrogens is 1. The number of hydrogen-bond donors (Lipinski definition) is 1. The van der Waals surface area contributed by atoms with Crippen molar-refractivity contribution < 1.29 is 13.2 Å². The van der Waals surface area contributed by atoms with E-state index < -0.39 is 10.0 Å². The van der Waals surface area contributed by atoms with Gasteiger partial charge in [-0.3, -0.25) is 14.7 Å². The van der Waals surface area contributed by atoms with E-state index in [-0.39, 0.29) is 17.3 Å². The van der Waals surface area contributed by atoms with Crippen LogP contribution >= 0.6 is 0 Å². The monoisotopic (exact) mass is 452 g/mol. The number of sulfonamides is 1. The quantitative estimate of drug-likeness (QED) is 0.643. The maximum Gasteiger partial charge on any atom is 0.245 e. The summed E-state index contributed by atoms with van der Waals surface area (Å²) in [6.45, 7) is 7.82. The minimum absolute atomic E-state index is 0.0939. The fraction of sp³-hybridized carbons (Fsp3) is 0.333. The molecule has 168 valence electrons. The predicted molar refractivity (Wildman–Crippen MR) is 126 cm³/mol. The molecule has 0 bridgehead atoms. The maximum atomic E-state index is 13.3. The summed E-state index contributed by atoms with van der Waals surface area (Å²) in [6, 6.07) is 13.0. The summed E-state index contributed by atoms with van der Waals surface area (Å²) in [7, 11) is -3.67. The Hall–Kier alpha value is -2.81. The average Bonchev–Trinajstić information content (AvgIpc) is 2.76. The molecule has 0 spiro atoms. The van der Waals surface area contributed by atoms with Gasteiger partial charge in [0, 0.05) is 43.4 Å². The normalized spacial score (nSPS) is 15.7. The zero-order chi connectivity index (χ0) is 22.9. The summed E-state index contributed by atoms with van der Waals surface area (Å²) >= 11 is 0. The van der Waals surface area contributed by atoms with E-state index in [9.17, 15) is 13.2 Å². The van der Waals surface area contributed by atoms with Crippen LogP contribution < -0.4 is 5.32 Å². The predicted octanol–water partition coefficient (Wildman–Crippen LogP) is 3.11. The minimum atomic E-state index is -3.67. The van der Waals surface area contributed by atoms with Crippen molar-refractivity contribution in [3.63, 3.8) is 0 Å². The Morgan fingerprint density at radius 3 is 2.50 bits per heavy atom. The fourth-order valence-electron chi connectivity index (χ4n) is 4.00. The molecule has 2 aromatic carbocycles. The van der Waals surface area contributed by atoms with E-state index in [4.69, 9.17) is 0 Å². The first-order valence-corrected chi connectivity index (χ1v) is 12.1. The molecule has 1 N–H and O–H groups in total. The van der Waals surface area contributed by atoms with Crippen LogP contribution in [0.15, 0.2) is 53.6 Å². The smallest absolute Gasteiger partial charge is 0.245 e. The Morgan fingerprint density at radius 1 is 1.03 bits per heavy atom. The Bertz CT molecular complexity index is 1270. The van der Waals surface area contributed by atoms with Gasteiger partial charge in [-0.1, -0.05) is 24.3 Å². The topological polar surface area (TPSA) is 82.6 Å². The molecule has 1 amide bonds. The molecule has 3 aromatic rings. The van der Waals surface area contributed by atoms with Gasteiger partial charge in [0.1, 0.15) is 4.90 Å². The molecule has 1 aliphatic heterocycles. The third-order valence-corrected chi connectivity index (χ3v) is 7.94. The van der Waals surface area contributed by atoms with E-state index in [1.54, 1.807) is 18.3 Å². The van der Waals surface area contributed by atoms with Crippen LogP contribution in [-0.4, -0.2) is 61.2 Å². The summed E-state index contributed by atoms with van der Waals surface area (Å²) in [5, 5.41) is 3.78. The molecule has 0 radical (unpaired) electrons. The van der Waals surface area contributed by atoms with Gasteiger partial charge in [-0.2, -0.15) is 4.31 Å². The summed E-state index contributed by atoms with van der Waals surface area (Å²) in [4.78, 5) is 19.1. The highest BCUT2D eigenvalue weighted by Crippen LogP contribution is 2.25. The third-order valence-electron chi connectivity index (χ3n) is 6.01. The molecule has 8 heteroatoms. The number of fused-ring (bicyclic) bond motifs is 1. The van der Waals surface area contributed by atoms with Crippen molar-refractivity contribution in [2.24, 2.45) is 0 Å². The van der Waals surface area contributed by atoms with Crippen LogP contribution in [0.1, 0.15) is 16.7 Å². The third kappa shape index (κ3) is 4.53. The number of pyridine rings is 1. The summed E-state index contributed by atoms with van der Waals surface area (Å²) in [5.41, 5.74) is 4.47. The number of amides is 1. The molecular formula is C24H28N4O3S. The van der Waals surface area contributed by atoms with Gasteiger partial charge in [0.15, 0.2) is 0 Å². The first-order chi connectivity index (χ1) is 15.3. The summed E-state index contributed by atoms with van der Waals surface area (Å²) < 4.78 is 28.1. The summed E-state index contributed by atoms with van der Waals surface area (Å²) in [5.74, 6) is -0.0939. The van der Waals surface area contributed by atoms with E-state index in [0.717, 1.165) is 27.8 Å². The number of carbonyl (C=O) groups is 1.